The van der Waals surface area contributed by atoms with Crippen molar-refractivity contribution in [1.82, 2.24) is 4.31 Å². The largest absolute Gasteiger partial charge is 0.433 e. The van der Waals surface area contributed by atoms with E-state index >= 15 is 0 Å². The van der Waals surface area contributed by atoms with Crippen LogP contribution in [0.1, 0.15) is 22.0 Å². The fourth-order valence-electron chi connectivity index (χ4n) is 3.52. The molecule has 1 atom stereocenters. The summed E-state index contributed by atoms with van der Waals surface area (Å²) in [5, 5.41) is 1.95. The number of benzene rings is 2. The third-order valence-corrected chi connectivity index (χ3v) is 7.59. The van der Waals surface area contributed by atoms with E-state index in [4.69, 9.17) is 0 Å². The van der Waals surface area contributed by atoms with Gasteiger partial charge in [0.2, 0.25) is 10.0 Å². The maximum atomic E-state index is 13.5. The van der Waals surface area contributed by atoms with Crippen molar-refractivity contribution in [3.8, 4) is 5.75 Å². The molecule has 1 aliphatic rings. The molecule has 28 heavy (non-hydrogen) atoms. The number of sulfonamides is 1. The Morgan fingerprint density at radius 3 is 2.50 bits per heavy atom. The molecule has 0 N–H and O–H groups in total. The van der Waals surface area contributed by atoms with Crippen LogP contribution in [-0.2, 0) is 16.4 Å². The highest BCUT2D eigenvalue weighted by molar-refractivity contribution is 7.89. The minimum atomic E-state index is -4.08. The normalized spacial score (nSPS) is 17.5. The van der Waals surface area contributed by atoms with E-state index in [9.17, 15) is 17.2 Å². The van der Waals surface area contributed by atoms with Crippen molar-refractivity contribution in [2.45, 2.75) is 24.0 Å². The van der Waals surface area contributed by atoms with Crippen LogP contribution in [0, 0.1) is 0 Å². The smallest absolute Gasteiger partial charge is 0.387 e. The standard InChI is InChI=1S/C20H17F2NO3S2/c21-20(22)26-16-8-4-5-9-18(16)28(24,25)23-12-10-17-15(11-13-27-17)19(23)14-6-2-1-3-7-14/h1-9,11,13,19-20H,10,12H2. The predicted molar refractivity (Wildman–Crippen MR) is 103 cm³/mol. The Kier molecular flexibility index (Phi) is 5.18. The number of nitrogens with zero attached hydrogens (tertiary/aromatic N) is 1. The molecule has 0 bridgehead atoms. The Hall–Kier alpha value is -2.29. The summed E-state index contributed by atoms with van der Waals surface area (Å²) in [5.41, 5.74) is 1.76. The van der Waals surface area contributed by atoms with Crippen LogP contribution in [0.3, 0.4) is 0 Å². The Morgan fingerprint density at radius 1 is 1.04 bits per heavy atom. The highest BCUT2D eigenvalue weighted by Gasteiger charge is 2.39. The molecule has 1 aromatic heterocycles. The van der Waals surface area contributed by atoms with Gasteiger partial charge in [-0.25, -0.2) is 8.42 Å². The quantitative estimate of drug-likeness (QED) is 0.601. The first kappa shape index (κ1) is 19.0. The molecule has 146 valence electrons. The molecule has 0 radical (unpaired) electrons. The average Bonchev–Trinajstić information content (AvgIpc) is 3.16. The second kappa shape index (κ2) is 7.62. The molecule has 0 aliphatic carbocycles. The third kappa shape index (κ3) is 3.43. The number of thiophene rings is 1. The molecule has 1 unspecified atom stereocenters. The summed E-state index contributed by atoms with van der Waals surface area (Å²) in [5.74, 6) is -0.347. The van der Waals surface area contributed by atoms with Gasteiger partial charge in [0, 0.05) is 11.4 Å². The van der Waals surface area contributed by atoms with Crippen LogP contribution in [0.15, 0.2) is 70.9 Å². The Morgan fingerprint density at radius 2 is 1.75 bits per heavy atom. The summed E-state index contributed by atoms with van der Waals surface area (Å²) in [7, 11) is -4.08. The van der Waals surface area contributed by atoms with Gasteiger partial charge in [0.15, 0.2) is 0 Å². The van der Waals surface area contributed by atoms with Crippen LogP contribution >= 0.6 is 11.3 Å². The molecule has 4 rings (SSSR count). The van der Waals surface area contributed by atoms with Gasteiger partial charge in [-0.15, -0.1) is 11.3 Å². The maximum absolute atomic E-state index is 13.5. The number of hydrogen-bond donors (Lipinski definition) is 0. The van der Waals surface area contributed by atoms with Crippen LogP contribution in [0.5, 0.6) is 5.75 Å². The number of rotatable bonds is 5. The number of fused-ring (bicyclic) bond motifs is 1. The lowest BCUT2D eigenvalue weighted by molar-refractivity contribution is -0.0518. The van der Waals surface area contributed by atoms with Crippen LogP contribution in [0.25, 0.3) is 0 Å². The molecule has 0 saturated heterocycles. The lowest BCUT2D eigenvalue weighted by Crippen LogP contribution is -2.40. The van der Waals surface area contributed by atoms with Crippen molar-refractivity contribution in [3.05, 3.63) is 82.0 Å². The first-order valence-electron chi connectivity index (χ1n) is 8.65. The second-order valence-corrected chi connectivity index (χ2v) is 9.16. The molecule has 2 aromatic carbocycles. The van der Waals surface area contributed by atoms with E-state index in [1.807, 2.05) is 41.8 Å². The molecule has 0 amide bonds. The number of para-hydroxylation sites is 1. The zero-order valence-corrected chi connectivity index (χ0v) is 16.3. The van der Waals surface area contributed by atoms with Crippen LogP contribution in [0.4, 0.5) is 8.78 Å². The first-order chi connectivity index (χ1) is 13.5. The van der Waals surface area contributed by atoms with Gasteiger partial charge in [-0.3, -0.25) is 0 Å². The molecule has 0 fully saturated rings. The monoisotopic (exact) mass is 421 g/mol. The van der Waals surface area contributed by atoms with Gasteiger partial charge in [0.1, 0.15) is 10.6 Å². The summed E-state index contributed by atoms with van der Waals surface area (Å²) in [6.45, 7) is -2.84. The van der Waals surface area contributed by atoms with Gasteiger partial charge >= 0.3 is 6.61 Å². The summed E-state index contributed by atoms with van der Waals surface area (Å²) in [4.78, 5) is 0.882. The predicted octanol–water partition coefficient (Wildman–Crippen LogP) is 4.69. The van der Waals surface area contributed by atoms with Crippen molar-refractivity contribution in [2.24, 2.45) is 0 Å². The minimum absolute atomic E-state index is 0.255. The topological polar surface area (TPSA) is 46.6 Å². The van der Waals surface area contributed by atoms with Gasteiger partial charge < -0.3 is 4.74 Å². The van der Waals surface area contributed by atoms with E-state index in [1.54, 1.807) is 11.3 Å². The van der Waals surface area contributed by atoms with Gasteiger partial charge in [0.05, 0.1) is 6.04 Å². The molecule has 1 aliphatic heterocycles. The van der Waals surface area contributed by atoms with Crippen LogP contribution in [-0.4, -0.2) is 25.9 Å². The number of ether oxygens (including phenoxy) is 1. The third-order valence-electron chi connectivity index (χ3n) is 4.69. The summed E-state index contributed by atoms with van der Waals surface area (Å²) in [6.07, 6.45) is 0.577. The fourth-order valence-corrected chi connectivity index (χ4v) is 6.14. The first-order valence-corrected chi connectivity index (χ1v) is 11.0. The molecule has 0 saturated carbocycles. The zero-order valence-electron chi connectivity index (χ0n) is 14.7. The maximum Gasteiger partial charge on any atom is 0.387 e. The Balaban J connectivity index is 1.83. The molecule has 0 spiro atoms. The highest BCUT2D eigenvalue weighted by atomic mass is 32.2. The lowest BCUT2D eigenvalue weighted by Gasteiger charge is -2.35. The van der Waals surface area contributed by atoms with Crippen molar-refractivity contribution in [2.75, 3.05) is 6.54 Å². The van der Waals surface area contributed by atoms with Crippen molar-refractivity contribution < 1.29 is 21.9 Å². The zero-order chi connectivity index (χ0) is 19.7. The number of alkyl halides is 2. The van der Waals surface area contributed by atoms with E-state index in [0.717, 1.165) is 16.0 Å². The second-order valence-electron chi connectivity index (χ2n) is 6.30. The van der Waals surface area contributed by atoms with Crippen molar-refractivity contribution in [1.29, 1.82) is 0 Å². The minimum Gasteiger partial charge on any atom is -0.433 e. The Labute approximate surface area is 166 Å². The van der Waals surface area contributed by atoms with Gasteiger partial charge in [-0.1, -0.05) is 42.5 Å². The van der Waals surface area contributed by atoms with E-state index < -0.39 is 22.7 Å². The number of halogens is 2. The van der Waals surface area contributed by atoms with Crippen LogP contribution < -0.4 is 4.74 Å². The summed E-state index contributed by atoms with van der Waals surface area (Å²) >= 11 is 1.60. The van der Waals surface area contributed by atoms with Crippen molar-refractivity contribution >= 4 is 21.4 Å². The lowest BCUT2D eigenvalue weighted by atomic mass is 9.95. The number of hydrogen-bond acceptors (Lipinski definition) is 4. The highest BCUT2D eigenvalue weighted by Crippen LogP contribution is 2.42. The van der Waals surface area contributed by atoms with E-state index in [-0.39, 0.29) is 17.2 Å². The average molecular weight is 421 g/mol. The van der Waals surface area contributed by atoms with E-state index in [1.165, 1.54) is 28.6 Å². The van der Waals surface area contributed by atoms with Crippen LogP contribution in [0.2, 0.25) is 0 Å². The van der Waals surface area contributed by atoms with Gasteiger partial charge in [-0.2, -0.15) is 13.1 Å². The molecule has 4 nitrogen and oxygen atoms in total. The molecule has 2 heterocycles. The van der Waals surface area contributed by atoms with Gasteiger partial charge in [-0.05, 0) is 41.1 Å². The molecule has 3 aromatic rings. The van der Waals surface area contributed by atoms with E-state index in [2.05, 4.69) is 4.74 Å². The van der Waals surface area contributed by atoms with E-state index in [0.29, 0.717) is 6.42 Å². The SMILES string of the molecule is O=S(=O)(c1ccccc1OC(F)F)N1CCc2sccc2C1c1ccccc1. The summed E-state index contributed by atoms with van der Waals surface area (Å²) in [6, 6.07) is 16.3. The van der Waals surface area contributed by atoms with Crippen molar-refractivity contribution in [3.63, 3.8) is 0 Å². The fraction of sp³-hybridized carbons (Fsp3) is 0.200. The Bertz CT molecular complexity index is 1070. The molecular weight excluding hydrogens is 404 g/mol. The van der Waals surface area contributed by atoms with Gasteiger partial charge in [0.25, 0.3) is 0 Å². The molecule has 8 heteroatoms. The molecular formula is C20H17F2NO3S2. The summed E-state index contributed by atoms with van der Waals surface area (Å²) < 4.78 is 58.5.